The van der Waals surface area contributed by atoms with Crippen LogP contribution in [0.15, 0.2) is 55.1 Å². The lowest BCUT2D eigenvalue weighted by atomic mass is 9.99. The molecule has 1 saturated carbocycles. The molecule has 0 spiro atoms. The van der Waals surface area contributed by atoms with Gasteiger partial charge in [-0.15, -0.1) is 0 Å². The molecule has 1 amide bonds. The van der Waals surface area contributed by atoms with Gasteiger partial charge in [0.15, 0.2) is 5.82 Å². The molecule has 1 aliphatic carbocycles. The van der Waals surface area contributed by atoms with E-state index in [0.29, 0.717) is 17.5 Å². The topological polar surface area (TPSA) is 73.5 Å². The predicted molar refractivity (Wildman–Crippen MR) is 121 cm³/mol. The predicted octanol–water partition coefficient (Wildman–Crippen LogP) is 3.58. The van der Waals surface area contributed by atoms with Crippen LogP contribution in [-0.4, -0.2) is 44.3 Å². The number of carbonyl (C=O) groups is 1. The Hall–Kier alpha value is -3.45. The van der Waals surface area contributed by atoms with Gasteiger partial charge in [0, 0.05) is 35.5 Å². The normalized spacial score (nSPS) is 16.3. The van der Waals surface area contributed by atoms with Crippen molar-refractivity contribution in [2.24, 2.45) is 5.92 Å². The van der Waals surface area contributed by atoms with Crippen LogP contribution in [0.5, 0.6) is 0 Å². The number of hydrogen-bond donors (Lipinski definition) is 1. The largest absolute Gasteiger partial charge is 0.381 e. The minimum atomic E-state index is -0.00711. The van der Waals surface area contributed by atoms with E-state index >= 15 is 0 Å². The molecule has 2 aliphatic rings. The van der Waals surface area contributed by atoms with Crippen LogP contribution in [0.25, 0.3) is 22.6 Å². The van der Waals surface area contributed by atoms with Gasteiger partial charge in [-0.25, -0.2) is 9.67 Å². The molecule has 7 nitrogen and oxygen atoms in total. The van der Waals surface area contributed by atoms with Gasteiger partial charge in [0.25, 0.3) is 5.91 Å². The molecular formula is C25H25N5O2. The van der Waals surface area contributed by atoms with Crippen molar-refractivity contribution in [3.63, 3.8) is 0 Å². The van der Waals surface area contributed by atoms with Crippen molar-refractivity contribution >= 4 is 11.6 Å². The first-order valence-corrected chi connectivity index (χ1v) is 11.1. The molecule has 0 radical (unpaired) electrons. The summed E-state index contributed by atoms with van der Waals surface area (Å²) in [7, 11) is 0. The molecule has 4 aromatic rings. The Kier molecular flexibility index (Phi) is 4.57. The van der Waals surface area contributed by atoms with E-state index in [0.717, 1.165) is 60.6 Å². The van der Waals surface area contributed by atoms with Crippen LogP contribution in [0.1, 0.15) is 34.3 Å². The minimum absolute atomic E-state index is 0.00711. The summed E-state index contributed by atoms with van der Waals surface area (Å²) < 4.78 is 9.24. The molecule has 1 saturated heterocycles. The highest BCUT2D eigenvalue weighted by Crippen LogP contribution is 2.27. The van der Waals surface area contributed by atoms with Gasteiger partial charge in [-0.2, -0.15) is 5.10 Å². The molecule has 2 fully saturated rings. The molecule has 4 heterocycles. The molecular weight excluding hydrogens is 402 g/mol. The van der Waals surface area contributed by atoms with Crippen LogP contribution in [-0.2, 0) is 11.2 Å². The number of fused-ring (bicyclic) bond motifs is 1. The molecule has 3 aromatic heterocycles. The fourth-order valence-electron chi connectivity index (χ4n) is 4.20. The van der Waals surface area contributed by atoms with E-state index in [9.17, 15) is 4.79 Å². The first-order chi connectivity index (χ1) is 15.6. The second kappa shape index (κ2) is 7.60. The van der Waals surface area contributed by atoms with Crippen molar-refractivity contribution < 1.29 is 9.53 Å². The number of pyridine rings is 1. The van der Waals surface area contributed by atoms with Gasteiger partial charge in [-0.3, -0.25) is 9.20 Å². The van der Waals surface area contributed by atoms with Crippen molar-refractivity contribution in [3.05, 3.63) is 71.8 Å². The lowest BCUT2D eigenvalue weighted by Crippen LogP contribution is -2.29. The van der Waals surface area contributed by atoms with Gasteiger partial charge >= 0.3 is 0 Å². The number of hydrogen-bond acceptors (Lipinski definition) is 4. The number of nitrogens with zero attached hydrogens (tertiary/aromatic N) is 4. The van der Waals surface area contributed by atoms with Crippen molar-refractivity contribution in [3.8, 4) is 16.9 Å². The third kappa shape index (κ3) is 3.58. The van der Waals surface area contributed by atoms with E-state index in [1.165, 1.54) is 5.56 Å². The Morgan fingerprint density at radius 2 is 2.03 bits per heavy atom. The number of carbonyl (C=O) groups excluding carboxylic acids is 1. The van der Waals surface area contributed by atoms with E-state index in [4.69, 9.17) is 4.74 Å². The molecule has 1 aromatic carbocycles. The summed E-state index contributed by atoms with van der Waals surface area (Å²) in [5.74, 6) is 1.48. The third-order valence-electron chi connectivity index (χ3n) is 6.32. The van der Waals surface area contributed by atoms with E-state index in [-0.39, 0.29) is 5.91 Å². The fraction of sp³-hybridized carbons (Fsp3) is 0.320. The van der Waals surface area contributed by atoms with Crippen LogP contribution < -0.4 is 5.32 Å². The van der Waals surface area contributed by atoms with E-state index in [2.05, 4.69) is 45.1 Å². The first-order valence-electron chi connectivity index (χ1n) is 11.1. The Bertz CT molecular complexity index is 1310. The average molecular weight is 428 g/mol. The van der Waals surface area contributed by atoms with Gasteiger partial charge in [-0.05, 0) is 61.1 Å². The summed E-state index contributed by atoms with van der Waals surface area (Å²) in [5.41, 5.74) is 5.93. The maximum atomic E-state index is 12.5. The fourth-order valence-corrected chi connectivity index (χ4v) is 4.20. The lowest BCUT2D eigenvalue weighted by molar-refractivity contribution is -0.0312. The summed E-state index contributed by atoms with van der Waals surface area (Å²) in [6, 6.07) is 10.4. The van der Waals surface area contributed by atoms with Crippen LogP contribution in [0.3, 0.4) is 0 Å². The average Bonchev–Trinajstić information content (AvgIpc) is 3.28. The van der Waals surface area contributed by atoms with Gasteiger partial charge in [0.05, 0.1) is 25.6 Å². The minimum Gasteiger partial charge on any atom is -0.381 e. The summed E-state index contributed by atoms with van der Waals surface area (Å²) in [6.07, 6.45) is 11.0. The molecule has 1 N–H and O–H groups in total. The van der Waals surface area contributed by atoms with E-state index in [1.807, 2.05) is 41.5 Å². The van der Waals surface area contributed by atoms with Crippen molar-refractivity contribution in [2.45, 2.75) is 32.2 Å². The zero-order valence-corrected chi connectivity index (χ0v) is 18.0. The van der Waals surface area contributed by atoms with Gasteiger partial charge in [-0.1, -0.05) is 12.1 Å². The van der Waals surface area contributed by atoms with Crippen LogP contribution >= 0.6 is 0 Å². The summed E-state index contributed by atoms with van der Waals surface area (Å²) in [5, 5.41) is 7.68. The van der Waals surface area contributed by atoms with Crippen LogP contribution in [0.4, 0.5) is 0 Å². The van der Waals surface area contributed by atoms with Crippen molar-refractivity contribution in [1.82, 2.24) is 24.5 Å². The molecule has 162 valence electrons. The molecule has 0 atom stereocenters. The SMILES string of the molecule is Cc1ccc(C(=O)NC2CC2)cc1-c1cnn(-c2cnc3ccc(CC4COC4)cn23)c1. The van der Waals surface area contributed by atoms with Crippen molar-refractivity contribution in [1.29, 1.82) is 0 Å². The molecule has 1 aliphatic heterocycles. The quantitative estimate of drug-likeness (QED) is 0.511. The monoisotopic (exact) mass is 427 g/mol. The number of rotatable bonds is 6. The molecule has 6 rings (SSSR count). The Morgan fingerprint density at radius 3 is 2.81 bits per heavy atom. The van der Waals surface area contributed by atoms with E-state index < -0.39 is 0 Å². The first kappa shape index (κ1) is 19.3. The highest BCUT2D eigenvalue weighted by atomic mass is 16.5. The highest BCUT2D eigenvalue weighted by molar-refractivity contribution is 5.96. The summed E-state index contributed by atoms with van der Waals surface area (Å²) >= 11 is 0. The van der Waals surface area contributed by atoms with Gasteiger partial charge in [0.1, 0.15) is 5.65 Å². The van der Waals surface area contributed by atoms with Gasteiger partial charge < -0.3 is 10.1 Å². The molecule has 32 heavy (non-hydrogen) atoms. The Balaban J connectivity index is 1.31. The lowest BCUT2D eigenvalue weighted by Gasteiger charge is -2.25. The number of nitrogens with one attached hydrogen (secondary N) is 1. The standard InChI is InChI=1S/C25H25N5O2/c1-16-2-4-19(25(31)28-21-5-6-21)9-22(16)20-10-27-30(13-20)24-11-26-23-7-3-17(12-29(23)24)8-18-14-32-15-18/h2-4,7,9-13,18,21H,5-6,8,14-15H2,1H3,(H,28,31). The molecule has 0 bridgehead atoms. The maximum absolute atomic E-state index is 12.5. The summed E-state index contributed by atoms with van der Waals surface area (Å²) in [6.45, 7) is 3.74. The second-order valence-electron chi connectivity index (χ2n) is 8.94. The number of amides is 1. The molecule has 7 heteroatoms. The summed E-state index contributed by atoms with van der Waals surface area (Å²) in [4.78, 5) is 17.1. The number of benzene rings is 1. The maximum Gasteiger partial charge on any atom is 0.251 e. The van der Waals surface area contributed by atoms with Gasteiger partial charge in [0.2, 0.25) is 0 Å². The second-order valence-corrected chi connectivity index (χ2v) is 8.94. The highest BCUT2D eigenvalue weighted by Gasteiger charge is 2.24. The van der Waals surface area contributed by atoms with Crippen molar-refractivity contribution in [2.75, 3.05) is 13.2 Å². The van der Waals surface area contributed by atoms with E-state index in [1.54, 1.807) is 0 Å². The van der Waals surface area contributed by atoms with Crippen LogP contribution in [0.2, 0.25) is 0 Å². The zero-order valence-electron chi connectivity index (χ0n) is 18.0. The van der Waals surface area contributed by atoms with Crippen LogP contribution in [0, 0.1) is 12.8 Å². The third-order valence-corrected chi connectivity index (χ3v) is 6.32. The number of ether oxygens (including phenoxy) is 1. The number of aryl methyl sites for hydroxylation is 1. The zero-order chi connectivity index (χ0) is 21.7. The Labute approximate surface area is 186 Å². The number of imidazole rings is 1. The molecule has 0 unspecified atom stereocenters. The Morgan fingerprint density at radius 1 is 1.16 bits per heavy atom. The number of aromatic nitrogens is 4. The smallest absolute Gasteiger partial charge is 0.251 e.